The molecular weight excluding hydrogens is 707 g/mol. The third-order valence-electron chi connectivity index (χ3n) is 10.9. The Kier molecular flexibility index (Phi) is 39.4. The van der Waals surface area contributed by atoms with Gasteiger partial charge in [-0.25, -0.2) is 0 Å². The summed E-state index contributed by atoms with van der Waals surface area (Å²) in [6.45, 7) is 6.50. The zero-order valence-electron chi connectivity index (χ0n) is 36.7. The lowest BCUT2D eigenvalue weighted by Crippen LogP contribution is -2.40. The monoisotopic (exact) mass is 796 g/mol. The van der Waals surface area contributed by atoms with Crippen molar-refractivity contribution >= 4 is 23.8 Å². The first kappa shape index (κ1) is 53.8. The minimum atomic E-state index is -1.01. The largest absolute Gasteiger partial charge is 0.481 e. The first-order valence-electron chi connectivity index (χ1n) is 23.8. The van der Waals surface area contributed by atoms with Gasteiger partial charge in [-0.15, -0.1) is 0 Å². The van der Waals surface area contributed by atoms with Gasteiger partial charge >= 0.3 is 17.9 Å². The standard InChI is InChI=1S/C47H89NO8/c1-4-7-10-13-16-19-20-23-26-29-32-35-46(53)56-43(34-31-28-25-22-18-15-12-9-6-3)39-47(54)55-40-41(36-37-45(51)52)48-44(50)38-42(49)33-30-27-24-21-17-14-11-8-5-2/h41-43,49H,4-40H2,1-3H3,(H,48,50)(H,51,52)/t41-,42+,43+/m0/s1. The smallest absolute Gasteiger partial charge is 0.309 e. The second kappa shape index (κ2) is 41.0. The summed E-state index contributed by atoms with van der Waals surface area (Å²) in [5.74, 6) is -2.21. The minimum absolute atomic E-state index is 0.0714. The molecule has 0 saturated carbocycles. The fourth-order valence-corrected chi connectivity index (χ4v) is 7.29. The van der Waals surface area contributed by atoms with E-state index >= 15 is 0 Å². The second-order valence-electron chi connectivity index (χ2n) is 16.6. The summed E-state index contributed by atoms with van der Waals surface area (Å²) in [5.41, 5.74) is 0. The predicted octanol–water partition coefficient (Wildman–Crippen LogP) is 12.5. The number of carbonyl (C=O) groups is 4. The second-order valence-corrected chi connectivity index (χ2v) is 16.6. The molecule has 0 heterocycles. The number of rotatable bonds is 43. The molecule has 0 radical (unpaired) electrons. The number of carbonyl (C=O) groups excluding carboxylic acids is 3. The number of unbranched alkanes of at least 4 members (excludes halogenated alkanes) is 26. The summed E-state index contributed by atoms with van der Waals surface area (Å²) in [4.78, 5) is 50.0. The van der Waals surface area contributed by atoms with Crippen molar-refractivity contribution in [3.05, 3.63) is 0 Å². The lowest BCUT2D eigenvalue weighted by molar-refractivity contribution is -0.156. The number of ether oxygens (including phenoxy) is 2. The Balaban J connectivity index is 4.81. The third kappa shape index (κ3) is 38.7. The Morgan fingerprint density at radius 3 is 1.34 bits per heavy atom. The first-order chi connectivity index (χ1) is 27.2. The van der Waals surface area contributed by atoms with E-state index in [0.29, 0.717) is 19.3 Å². The van der Waals surface area contributed by atoms with E-state index in [0.717, 1.165) is 57.8 Å². The lowest BCUT2D eigenvalue weighted by atomic mass is 10.0. The maximum atomic E-state index is 13.0. The Morgan fingerprint density at radius 1 is 0.482 bits per heavy atom. The lowest BCUT2D eigenvalue weighted by Gasteiger charge is -2.21. The molecule has 3 atom stereocenters. The van der Waals surface area contributed by atoms with Crippen LogP contribution in [0.2, 0.25) is 0 Å². The fraction of sp³-hybridized carbons (Fsp3) is 0.915. The van der Waals surface area contributed by atoms with Gasteiger partial charge < -0.3 is 25.0 Å². The zero-order valence-corrected chi connectivity index (χ0v) is 36.7. The first-order valence-corrected chi connectivity index (χ1v) is 23.8. The molecule has 0 unspecified atom stereocenters. The van der Waals surface area contributed by atoms with Crippen LogP contribution in [0.4, 0.5) is 0 Å². The van der Waals surface area contributed by atoms with Crippen molar-refractivity contribution < 1.29 is 38.9 Å². The van der Waals surface area contributed by atoms with E-state index in [9.17, 15) is 29.4 Å². The molecule has 0 aliphatic heterocycles. The molecular formula is C47H89NO8. The molecule has 1 amide bonds. The van der Waals surface area contributed by atoms with Gasteiger partial charge in [0.1, 0.15) is 12.7 Å². The summed E-state index contributed by atoms with van der Waals surface area (Å²) in [7, 11) is 0. The Labute approximate surface area is 344 Å². The van der Waals surface area contributed by atoms with Gasteiger partial charge in [0.05, 0.1) is 25.0 Å². The van der Waals surface area contributed by atoms with Crippen molar-refractivity contribution in [2.75, 3.05) is 6.61 Å². The molecule has 0 fully saturated rings. The van der Waals surface area contributed by atoms with Crippen LogP contribution in [-0.4, -0.2) is 58.9 Å². The summed E-state index contributed by atoms with van der Waals surface area (Å²) in [6, 6.07) is -0.693. The SMILES string of the molecule is CCCCCCCCCCCCCC(=O)O[C@H](CCCCCCCCCCC)CC(=O)OC[C@H](CCC(=O)O)NC(=O)C[C@H](O)CCCCCCCCCCC. The van der Waals surface area contributed by atoms with Gasteiger partial charge in [0.2, 0.25) is 5.91 Å². The van der Waals surface area contributed by atoms with Crippen LogP contribution in [0.5, 0.6) is 0 Å². The van der Waals surface area contributed by atoms with E-state index in [1.165, 1.54) is 128 Å². The van der Waals surface area contributed by atoms with E-state index in [-0.39, 0.29) is 44.2 Å². The highest BCUT2D eigenvalue weighted by Crippen LogP contribution is 2.18. The molecule has 0 bridgehead atoms. The molecule has 56 heavy (non-hydrogen) atoms. The predicted molar refractivity (Wildman–Crippen MR) is 230 cm³/mol. The molecule has 0 saturated heterocycles. The van der Waals surface area contributed by atoms with Gasteiger partial charge in [0, 0.05) is 12.8 Å². The van der Waals surface area contributed by atoms with Gasteiger partial charge in [-0.05, 0) is 32.1 Å². The number of aliphatic carboxylic acids is 1. The molecule has 0 aliphatic carbocycles. The van der Waals surface area contributed by atoms with Crippen LogP contribution >= 0.6 is 0 Å². The summed E-state index contributed by atoms with van der Waals surface area (Å²) < 4.78 is 11.4. The maximum absolute atomic E-state index is 13.0. The van der Waals surface area contributed by atoms with Crippen LogP contribution in [0.1, 0.15) is 252 Å². The average molecular weight is 796 g/mol. The minimum Gasteiger partial charge on any atom is -0.481 e. The molecule has 0 spiro atoms. The molecule has 9 nitrogen and oxygen atoms in total. The van der Waals surface area contributed by atoms with Gasteiger partial charge in [-0.1, -0.05) is 194 Å². The Hall–Kier alpha value is -2.16. The van der Waals surface area contributed by atoms with Gasteiger partial charge in [0.25, 0.3) is 0 Å². The molecule has 0 aliphatic rings. The number of amides is 1. The highest BCUT2D eigenvalue weighted by atomic mass is 16.6. The quantitative estimate of drug-likeness (QED) is 0.0409. The number of esters is 2. The van der Waals surface area contributed by atoms with E-state index in [2.05, 4.69) is 26.1 Å². The zero-order chi connectivity index (χ0) is 41.3. The molecule has 9 heteroatoms. The number of aliphatic hydroxyl groups is 1. The van der Waals surface area contributed by atoms with Crippen molar-refractivity contribution in [2.24, 2.45) is 0 Å². The van der Waals surface area contributed by atoms with Crippen LogP contribution in [0, 0.1) is 0 Å². The van der Waals surface area contributed by atoms with Gasteiger partial charge in [-0.3, -0.25) is 19.2 Å². The Morgan fingerprint density at radius 2 is 0.893 bits per heavy atom. The van der Waals surface area contributed by atoms with E-state index < -0.39 is 30.2 Å². The van der Waals surface area contributed by atoms with Crippen LogP contribution in [-0.2, 0) is 28.7 Å². The highest BCUT2D eigenvalue weighted by Gasteiger charge is 2.22. The number of nitrogens with one attached hydrogen (secondary N) is 1. The normalized spacial score (nSPS) is 12.9. The van der Waals surface area contributed by atoms with Crippen molar-refractivity contribution in [1.82, 2.24) is 5.32 Å². The maximum Gasteiger partial charge on any atom is 0.309 e. The highest BCUT2D eigenvalue weighted by molar-refractivity contribution is 5.77. The van der Waals surface area contributed by atoms with E-state index in [1.54, 1.807) is 0 Å². The molecule has 0 aromatic rings. The van der Waals surface area contributed by atoms with Gasteiger partial charge in [0.15, 0.2) is 0 Å². The van der Waals surface area contributed by atoms with E-state index in [1.807, 2.05) is 0 Å². The Bertz CT molecular complexity index is 928. The average Bonchev–Trinajstić information content (AvgIpc) is 3.16. The van der Waals surface area contributed by atoms with Crippen LogP contribution in [0.15, 0.2) is 0 Å². The van der Waals surface area contributed by atoms with Crippen molar-refractivity contribution in [2.45, 2.75) is 270 Å². The number of hydrogen-bond acceptors (Lipinski definition) is 7. The summed E-state index contributed by atoms with van der Waals surface area (Å²) in [5, 5.41) is 22.5. The number of carboxylic acid groups (broad SMARTS) is 1. The molecule has 0 aromatic heterocycles. The van der Waals surface area contributed by atoms with Crippen LogP contribution in [0.3, 0.4) is 0 Å². The number of hydrogen-bond donors (Lipinski definition) is 3. The van der Waals surface area contributed by atoms with Gasteiger partial charge in [-0.2, -0.15) is 0 Å². The van der Waals surface area contributed by atoms with Crippen molar-refractivity contribution in [1.29, 1.82) is 0 Å². The van der Waals surface area contributed by atoms with Crippen LogP contribution in [0.25, 0.3) is 0 Å². The topological polar surface area (TPSA) is 139 Å². The number of carboxylic acids is 1. The molecule has 330 valence electrons. The van der Waals surface area contributed by atoms with Crippen molar-refractivity contribution in [3.8, 4) is 0 Å². The molecule has 3 N–H and O–H groups in total. The molecule has 0 rings (SSSR count). The summed E-state index contributed by atoms with van der Waals surface area (Å²) in [6.07, 6.45) is 34.2. The molecule has 0 aromatic carbocycles. The third-order valence-corrected chi connectivity index (χ3v) is 10.9. The summed E-state index contributed by atoms with van der Waals surface area (Å²) >= 11 is 0. The van der Waals surface area contributed by atoms with E-state index in [4.69, 9.17) is 9.47 Å². The fourth-order valence-electron chi connectivity index (χ4n) is 7.29. The number of aliphatic hydroxyl groups excluding tert-OH is 1. The van der Waals surface area contributed by atoms with Crippen molar-refractivity contribution in [3.63, 3.8) is 0 Å². The van der Waals surface area contributed by atoms with Crippen LogP contribution < -0.4 is 5.32 Å².